The van der Waals surface area contributed by atoms with Crippen molar-refractivity contribution < 1.29 is 19.0 Å². The van der Waals surface area contributed by atoms with Crippen molar-refractivity contribution in [2.45, 2.75) is 0 Å². The van der Waals surface area contributed by atoms with E-state index < -0.39 is 5.97 Å². The van der Waals surface area contributed by atoms with Crippen LogP contribution < -0.4 is 15.2 Å². The first kappa shape index (κ1) is 16.7. The molecule has 0 unspecified atom stereocenters. The Morgan fingerprint density at radius 2 is 1.67 bits per heavy atom. The van der Waals surface area contributed by atoms with Gasteiger partial charge in [0.2, 0.25) is 0 Å². The number of nitrogens with zero attached hydrogens (tertiary/aromatic N) is 3. The average Bonchev–Trinajstić information content (AvgIpc) is 2.95. The number of aromatic nitrogens is 1. The number of ether oxygens (including phenoxy) is 3. The Hall–Kier alpha value is -3.65. The predicted molar refractivity (Wildman–Crippen MR) is 84.1 cm³/mol. The van der Waals surface area contributed by atoms with Crippen molar-refractivity contribution in [2.75, 3.05) is 27.1 Å². The van der Waals surface area contributed by atoms with Gasteiger partial charge in [-0.05, 0) is 0 Å². The summed E-state index contributed by atoms with van der Waals surface area (Å²) < 4.78 is 16.4. The van der Waals surface area contributed by atoms with E-state index in [1.54, 1.807) is 0 Å². The Morgan fingerprint density at radius 1 is 1.08 bits per heavy atom. The molecule has 0 fully saturated rings. The fraction of sp³-hybridized carbons (Fsp3) is 0.188. The maximum absolute atomic E-state index is 12.1. The van der Waals surface area contributed by atoms with Gasteiger partial charge in [-0.15, -0.1) is 0 Å². The number of nitrogen functional groups attached to an aromatic ring is 1. The van der Waals surface area contributed by atoms with E-state index in [9.17, 15) is 10.1 Å². The van der Waals surface area contributed by atoms with Crippen LogP contribution in [0.3, 0.4) is 0 Å². The first-order chi connectivity index (χ1) is 11.5. The summed E-state index contributed by atoms with van der Waals surface area (Å²) in [6, 6.07) is 6.91. The highest BCUT2D eigenvalue weighted by atomic mass is 16.5. The second kappa shape index (κ2) is 6.63. The van der Waals surface area contributed by atoms with Crippen LogP contribution in [0.1, 0.15) is 21.6 Å². The maximum Gasteiger partial charge on any atom is 0.357 e. The van der Waals surface area contributed by atoms with Crippen molar-refractivity contribution in [1.29, 1.82) is 10.5 Å². The zero-order valence-electron chi connectivity index (χ0n) is 13.3. The molecule has 122 valence electrons. The Labute approximate surface area is 138 Å². The van der Waals surface area contributed by atoms with Crippen LogP contribution in [-0.2, 0) is 4.74 Å². The summed E-state index contributed by atoms with van der Waals surface area (Å²) in [5.41, 5.74) is 6.40. The molecule has 0 bridgehead atoms. The van der Waals surface area contributed by atoms with E-state index >= 15 is 0 Å². The van der Waals surface area contributed by atoms with Gasteiger partial charge in [-0.2, -0.15) is 10.5 Å². The zero-order chi connectivity index (χ0) is 17.9. The molecule has 2 aromatic rings. The Kier molecular flexibility index (Phi) is 4.62. The van der Waals surface area contributed by atoms with Crippen LogP contribution in [0.5, 0.6) is 11.5 Å². The summed E-state index contributed by atoms with van der Waals surface area (Å²) >= 11 is 0. The summed E-state index contributed by atoms with van der Waals surface area (Å²) in [5.74, 6) is -0.0150. The van der Waals surface area contributed by atoms with Crippen molar-refractivity contribution in [1.82, 2.24) is 4.57 Å². The quantitative estimate of drug-likeness (QED) is 0.846. The van der Waals surface area contributed by atoms with Gasteiger partial charge in [-0.25, -0.2) is 4.79 Å². The Morgan fingerprint density at radius 3 is 2.17 bits per heavy atom. The molecule has 0 atom stereocenters. The standard InChI is InChI=1S/C16H14N4O4/c1-22-12-4-9(6-17)11(5-13(12)23-2)20-8-10(7-18)14(19)15(20)16(21)24-3/h4-5,8H,19H2,1-3H3. The Bertz CT molecular complexity index is 887. The van der Waals surface area contributed by atoms with Gasteiger partial charge in [0.15, 0.2) is 17.2 Å². The van der Waals surface area contributed by atoms with E-state index in [2.05, 4.69) is 0 Å². The van der Waals surface area contributed by atoms with Gasteiger partial charge in [0.25, 0.3) is 0 Å². The van der Waals surface area contributed by atoms with Crippen LogP contribution in [0.4, 0.5) is 5.69 Å². The van der Waals surface area contributed by atoms with E-state index in [0.717, 1.165) is 0 Å². The molecule has 8 nitrogen and oxygen atoms in total. The molecule has 1 aromatic carbocycles. The van der Waals surface area contributed by atoms with Crippen LogP contribution in [0, 0.1) is 22.7 Å². The van der Waals surface area contributed by atoms with Gasteiger partial charge < -0.3 is 24.5 Å². The number of rotatable bonds is 4. The second-order valence-electron chi connectivity index (χ2n) is 4.61. The van der Waals surface area contributed by atoms with Crippen molar-refractivity contribution in [2.24, 2.45) is 0 Å². The van der Waals surface area contributed by atoms with E-state index in [0.29, 0.717) is 17.2 Å². The zero-order valence-corrected chi connectivity index (χ0v) is 13.3. The molecule has 0 radical (unpaired) electrons. The minimum Gasteiger partial charge on any atom is -0.493 e. The monoisotopic (exact) mass is 326 g/mol. The van der Waals surface area contributed by atoms with Gasteiger partial charge in [0.05, 0.1) is 43.8 Å². The number of methoxy groups -OCH3 is 3. The molecule has 1 aromatic heterocycles. The van der Waals surface area contributed by atoms with Crippen molar-refractivity contribution in [3.63, 3.8) is 0 Å². The lowest BCUT2D eigenvalue weighted by molar-refractivity contribution is 0.0593. The molecule has 0 aliphatic heterocycles. The van der Waals surface area contributed by atoms with Crippen molar-refractivity contribution >= 4 is 11.7 Å². The third kappa shape index (κ3) is 2.57. The molecular weight excluding hydrogens is 312 g/mol. The molecule has 0 saturated heterocycles. The van der Waals surface area contributed by atoms with E-state index in [-0.39, 0.29) is 22.5 Å². The molecule has 2 N–H and O–H groups in total. The van der Waals surface area contributed by atoms with E-state index in [1.807, 2.05) is 12.1 Å². The number of nitriles is 2. The van der Waals surface area contributed by atoms with Crippen molar-refractivity contribution in [3.05, 3.63) is 35.2 Å². The summed E-state index contributed by atoms with van der Waals surface area (Å²) in [5, 5.41) is 18.6. The maximum atomic E-state index is 12.1. The van der Waals surface area contributed by atoms with Gasteiger partial charge in [0, 0.05) is 18.3 Å². The Balaban J connectivity index is 2.84. The number of carbonyl (C=O) groups is 1. The van der Waals surface area contributed by atoms with Crippen LogP contribution in [0.2, 0.25) is 0 Å². The summed E-state index contributed by atoms with van der Waals surface area (Å²) in [6.45, 7) is 0. The number of benzene rings is 1. The summed E-state index contributed by atoms with van der Waals surface area (Å²) in [7, 11) is 4.09. The fourth-order valence-corrected chi connectivity index (χ4v) is 2.26. The number of hydrogen-bond acceptors (Lipinski definition) is 7. The minimum atomic E-state index is -0.729. The second-order valence-corrected chi connectivity index (χ2v) is 4.61. The fourth-order valence-electron chi connectivity index (χ4n) is 2.26. The largest absolute Gasteiger partial charge is 0.493 e. The number of esters is 1. The van der Waals surface area contributed by atoms with Gasteiger partial charge in [0.1, 0.15) is 12.1 Å². The lowest BCUT2D eigenvalue weighted by Crippen LogP contribution is -2.12. The molecule has 2 rings (SSSR count). The first-order valence-corrected chi connectivity index (χ1v) is 6.68. The highest BCUT2D eigenvalue weighted by Crippen LogP contribution is 2.34. The molecular formula is C16H14N4O4. The molecule has 24 heavy (non-hydrogen) atoms. The smallest absolute Gasteiger partial charge is 0.357 e. The molecule has 1 heterocycles. The highest BCUT2D eigenvalue weighted by molar-refractivity contribution is 5.96. The summed E-state index contributed by atoms with van der Waals surface area (Å²) in [4.78, 5) is 12.1. The van der Waals surface area contributed by atoms with Crippen LogP contribution >= 0.6 is 0 Å². The lowest BCUT2D eigenvalue weighted by Gasteiger charge is -2.14. The minimum absolute atomic E-state index is 0.0250. The van der Waals surface area contributed by atoms with E-state index in [1.165, 1.54) is 44.2 Å². The molecule has 0 saturated carbocycles. The molecule has 0 spiro atoms. The highest BCUT2D eigenvalue weighted by Gasteiger charge is 2.24. The average molecular weight is 326 g/mol. The molecule has 8 heteroatoms. The third-order valence-corrected chi connectivity index (χ3v) is 3.43. The number of hydrogen-bond donors (Lipinski definition) is 1. The lowest BCUT2D eigenvalue weighted by atomic mass is 10.1. The van der Waals surface area contributed by atoms with Crippen LogP contribution in [0.15, 0.2) is 18.3 Å². The predicted octanol–water partition coefficient (Wildman–Crippen LogP) is 1.61. The van der Waals surface area contributed by atoms with Gasteiger partial charge >= 0.3 is 5.97 Å². The normalized spacial score (nSPS) is 9.71. The van der Waals surface area contributed by atoms with E-state index in [4.69, 9.17) is 25.2 Å². The summed E-state index contributed by atoms with van der Waals surface area (Å²) in [6.07, 6.45) is 1.36. The number of carbonyl (C=O) groups excluding carboxylic acids is 1. The topological polar surface area (TPSA) is 123 Å². The first-order valence-electron chi connectivity index (χ1n) is 6.68. The molecule has 0 amide bonds. The number of anilines is 1. The SMILES string of the molecule is COC(=O)c1c(N)c(C#N)cn1-c1cc(OC)c(OC)cc1C#N. The molecule has 0 aliphatic rings. The third-order valence-electron chi connectivity index (χ3n) is 3.43. The molecule has 0 aliphatic carbocycles. The van der Waals surface area contributed by atoms with Crippen LogP contribution in [0.25, 0.3) is 5.69 Å². The van der Waals surface area contributed by atoms with Gasteiger partial charge in [-0.3, -0.25) is 0 Å². The van der Waals surface area contributed by atoms with Crippen LogP contribution in [-0.4, -0.2) is 31.9 Å². The van der Waals surface area contributed by atoms with Gasteiger partial charge in [-0.1, -0.05) is 0 Å². The number of nitrogens with two attached hydrogens (primary N) is 1. The van der Waals surface area contributed by atoms with Crippen molar-refractivity contribution in [3.8, 4) is 29.3 Å².